The minimum Gasteiger partial charge on any atom is -0.457 e. The van der Waals surface area contributed by atoms with E-state index in [4.69, 9.17) is 4.42 Å². The van der Waals surface area contributed by atoms with Crippen LogP contribution in [0.5, 0.6) is 0 Å². The molecule has 1 unspecified atom stereocenters. The first-order valence-electron chi connectivity index (χ1n) is 6.78. The van der Waals surface area contributed by atoms with Crippen molar-refractivity contribution in [3.8, 4) is 0 Å². The van der Waals surface area contributed by atoms with Crippen molar-refractivity contribution in [1.29, 1.82) is 0 Å². The van der Waals surface area contributed by atoms with Crippen molar-refractivity contribution in [1.82, 2.24) is 14.9 Å². The lowest BCUT2D eigenvalue weighted by Gasteiger charge is -2.19. The molecule has 1 N–H and O–H groups in total. The maximum absolute atomic E-state index is 12.4. The van der Waals surface area contributed by atoms with Gasteiger partial charge in [-0.25, -0.2) is 4.98 Å². The zero-order chi connectivity index (χ0) is 15.4. The second-order valence-electron chi connectivity index (χ2n) is 4.80. The third-order valence-electron chi connectivity index (χ3n) is 3.32. The number of benzene rings is 1. The normalized spacial score (nSPS) is 12.0. The van der Waals surface area contributed by atoms with Crippen molar-refractivity contribution in [2.75, 3.05) is 0 Å². The summed E-state index contributed by atoms with van der Waals surface area (Å²) in [7, 11) is 0. The van der Waals surface area contributed by atoms with Crippen LogP contribution in [0.2, 0.25) is 0 Å². The van der Waals surface area contributed by atoms with Crippen LogP contribution in [-0.4, -0.2) is 15.5 Å². The highest BCUT2D eigenvalue weighted by molar-refractivity contribution is 9.10. The number of nitrogens with one attached hydrogen (secondary N) is 1. The molecule has 0 aliphatic heterocycles. The van der Waals surface area contributed by atoms with Crippen LogP contribution in [0.3, 0.4) is 0 Å². The number of hydrogen-bond donors (Lipinski definition) is 1. The van der Waals surface area contributed by atoms with Crippen LogP contribution >= 0.6 is 15.9 Å². The fourth-order valence-electron chi connectivity index (χ4n) is 2.22. The molecule has 0 spiro atoms. The van der Waals surface area contributed by atoms with Gasteiger partial charge in [0, 0.05) is 18.9 Å². The molecular weight excluding hydrogens is 346 g/mol. The van der Waals surface area contributed by atoms with E-state index < -0.39 is 0 Å². The highest BCUT2D eigenvalue weighted by Gasteiger charge is 2.19. The maximum atomic E-state index is 12.4. The number of hydrogen-bond acceptors (Lipinski definition) is 3. The van der Waals surface area contributed by atoms with Crippen LogP contribution in [0.1, 0.15) is 22.0 Å². The Kier molecular flexibility index (Phi) is 4.39. The highest BCUT2D eigenvalue weighted by Crippen LogP contribution is 2.20. The van der Waals surface area contributed by atoms with Crippen molar-refractivity contribution < 1.29 is 9.21 Å². The zero-order valence-electron chi connectivity index (χ0n) is 11.6. The second-order valence-corrected chi connectivity index (χ2v) is 5.52. The molecule has 0 bridgehead atoms. The van der Waals surface area contributed by atoms with Gasteiger partial charge >= 0.3 is 0 Å². The van der Waals surface area contributed by atoms with E-state index in [-0.39, 0.29) is 11.9 Å². The number of halogens is 1. The van der Waals surface area contributed by atoms with Gasteiger partial charge in [-0.1, -0.05) is 30.3 Å². The summed E-state index contributed by atoms with van der Waals surface area (Å²) in [5.41, 5.74) is 1.51. The average Bonchev–Trinajstić information content (AvgIpc) is 3.19. The lowest BCUT2D eigenvalue weighted by Crippen LogP contribution is -2.31. The number of carbonyl (C=O) groups is 1. The molecule has 0 radical (unpaired) electrons. The second kappa shape index (κ2) is 6.62. The van der Waals surface area contributed by atoms with Crippen molar-refractivity contribution in [2.24, 2.45) is 0 Å². The SMILES string of the molecule is O=C(NC(Cn1ccnc1)c1ccccc1)c1ccoc1Br. The molecule has 0 fully saturated rings. The predicted octanol–water partition coefficient (Wildman–Crippen LogP) is 3.41. The third-order valence-corrected chi connectivity index (χ3v) is 3.94. The summed E-state index contributed by atoms with van der Waals surface area (Å²) in [6.45, 7) is 0.602. The summed E-state index contributed by atoms with van der Waals surface area (Å²) in [4.78, 5) is 16.5. The Labute approximate surface area is 136 Å². The molecule has 1 amide bonds. The summed E-state index contributed by atoms with van der Waals surface area (Å²) in [6, 6.07) is 11.3. The van der Waals surface area contributed by atoms with Crippen LogP contribution in [0.4, 0.5) is 0 Å². The summed E-state index contributed by atoms with van der Waals surface area (Å²) in [5, 5.41) is 3.04. The van der Waals surface area contributed by atoms with E-state index in [1.807, 2.05) is 41.1 Å². The summed E-state index contributed by atoms with van der Waals surface area (Å²) < 4.78 is 7.48. The van der Waals surface area contributed by atoms with Gasteiger partial charge in [0.25, 0.3) is 5.91 Å². The molecule has 22 heavy (non-hydrogen) atoms. The number of rotatable bonds is 5. The fourth-order valence-corrected chi connectivity index (χ4v) is 2.64. The van der Waals surface area contributed by atoms with Crippen molar-refractivity contribution >= 4 is 21.8 Å². The number of imidazole rings is 1. The molecule has 1 aromatic carbocycles. The molecule has 0 aliphatic rings. The molecule has 2 aromatic heterocycles. The van der Waals surface area contributed by atoms with E-state index in [2.05, 4.69) is 26.2 Å². The number of furan rings is 1. The lowest BCUT2D eigenvalue weighted by atomic mass is 10.1. The summed E-state index contributed by atoms with van der Waals surface area (Å²) in [6.07, 6.45) is 6.80. The number of nitrogens with zero attached hydrogens (tertiary/aromatic N) is 2. The zero-order valence-corrected chi connectivity index (χ0v) is 13.2. The smallest absolute Gasteiger partial charge is 0.256 e. The Morgan fingerprint density at radius 2 is 2.14 bits per heavy atom. The molecular formula is C16H14BrN3O2. The molecule has 6 heteroatoms. The van der Waals surface area contributed by atoms with Gasteiger partial charge in [0.15, 0.2) is 4.67 Å². The summed E-state index contributed by atoms with van der Waals surface area (Å²) >= 11 is 3.23. The van der Waals surface area contributed by atoms with Gasteiger partial charge in [0.2, 0.25) is 0 Å². The van der Waals surface area contributed by atoms with Gasteiger partial charge in [-0.05, 0) is 27.6 Å². The Bertz CT molecular complexity index is 738. The van der Waals surface area contributed by atoms with Crippen LogP contribution < -0.4 is 5.32 Å². The first-order chi connectivity index (χ1) is 10.7. The molecule has 0 saturated carbocycles. The Morgan fingerprint density at radius 1 is 1.32 bits per heavy atom. The van der Waals surface area contributed by atoms with Crippen molar-refractivity contribution in [3.05, 3.63) is 77.2 Å². The van der Waals surface area contributed by atoms with Gasteiger partial charge in [-0.2, -0.15) is 0 Å². The fraction of sp³-hybridized carbons (Fsp3) is 0.125. The molecule has 1 atom stereocenters. The van der Waals surface area contributed by atoms with Gasteiger partial charge in [0.05, 0.1) is 24.2 Å². The standard InChI is InChI=1S/C16H14BrN3O2/c17-15-13(6-9-22-15)16(21)19-14(10-20-8-7-18-11-20)12-4-2-1-3-5-12/h1-9,11,14H,10H2,(H,19,21). The minimum atomic E-state index is -0.186. The Morgan fingerprint density at radius 3 is 2.77 bits per heavy atom. The van der Waals surface area contributed by atoms with Crippen LogP contribution in [0, 0.1) is 0 Å². The molecule has 3 aromatic rings. The van der Waals surface area contributed by atoms with Gasteiger partial charge < -0.3 is 14.3 Å². The van der Waals surface area contributed by atoms with E-state index in [0.717, 1.165) is 5.56 Å². The molecule has 0 aliphatic carbocycles. The topological polar surface area (TPSA) is 60.1 Å². The Balaban J connectivity index is 1.82. The Hall–Kier alpha value is -2.34. The number of carbonyl (C=O) groups excluding carboxylic acids is 1. The molecule has 0 saturated heterocycles. The molecule has 5 nitrogen and oxygen atoms in total. The third kappa shape index (κ3) is 3.28. The predicted molar refractivity (Wildman–Crippen MR) is 85.3 cm³/mol. The van der Waals surface area contributed by atoms with E-state index >= 15 is 0 Å². The molecule has 112 valence electrons. The first-order valence-corrected chi connectivity index (χ1v) is 7.58. The van der Waals surface area contributed by atoms with Crippen molar-refractivity contribution in [2.45, 2.75) is 12.6 Å². The van der Waals surface area contributed by atoms with Crippen LogP contribution in [0.25, 0.3) is 0 Å². The van der Waals surface area contributed by atoms with Crippen LogP contribution in [-0.2, 0) is 6.54 Å². The molecule has 3 rings (SSSR count). The van der Waals surface area contributed by atoms with Crippen molar-refractivity contribution in [3.63, 3.8) is 0 Å². The van der Waals surface area contributed by atoms with E-state index in [9.17, 15) is 4.79 Å². The van der Waals surface area contributed by atoms with E-state index in [1.54, 1.807) is 18.6 Å². The van der Waals surface area contributed by atoms with Gasteiger partial charge in [-0.3, -0.25) is 4.79 Å². The quantitative estimate of drug-likeness (QED) is 0.759. The largest absolute Gasteiger partial charge is 0.457 e. The van der Waals surface area contributed by atoms with Gasteiger partial charge in [-0.15, -0.1) is 0 Å². The lowest BCUT2D eigenvalue weighted by molar-refractivity contribution is 0.0931. The van der Waals surface area contributed by atoms with Gasteiger partial charge in [0.1, 0.15) is 0 Å². The van der Waals surface area contributed by atoms with Crippen LogP contribution in [0.15, 0.2) is 70.5 Å². The first kappa shape index (κ1) is 14.6. The average molecular weight is 360 g/mol. The van der Waals surface area contributed by atoms with E-state index in [1.165, 1.54) is 6.26 Å². The summed E-state index contributed by atoms with van der Waals surface area (Å²) in [5.74, 6) is -0.186. The minimum absolute atomic E-state index is 0.162. The number of amides is 1. The molecule has 2 heterocycles. The number of aromatic nitrogens is 2. The highest BCUT2D eigenvalue weighted by atomic mass is 79.9. The van der Waals surface area contributed by atoms with E-state index in [0.29, 0.717) is 16.8 Å². The maximum Gasteiger partial charge on any atom is 0.256 e. The monoisotopic (exact) mass is 359 g/mol.